The van der Waals surface area contributed by atoms with Crippen LogP contribution < -0.4 is 5.32 Å². The number of aromatic nitrogens is 2. The maximum atomic E-state index is 5.04. The Morgan fingerprint density at radius 1 is 1.50 bits per heavy atom. The number of aromatic amines is 1. The summed E-state index contributed by atoms with van der Waals surface area (Å²) in [7, 11) is 0. The molecule has 2 aromatic heterocycles. The van der Waals surface area contributed by atoms with Crippen molar-refractivity contribution in [2.45, 2.75) is 20.4 Å². The molecule has 0 aliphatic heterocycles. The molecule has 0 spiro atoms. The SMILES string of the molecule is Cc1noc(C)c1NCc1ccc[nH]1. The number of nitrogens with zero attached hydrogens (tertiary/aromatic N) is 1. The van der Waals surface area contributed by atoms with Gasteiger partial charge in [-0.15, -0.1) is 0 Å². The van der Waals surface area contributed by atoms with E-state index in [1.165, 1.54) is 0 Å². The Balaban J connectivity index is 2.05. The first-order valence-corrected chi connectivity index (χ1v) is 4.56. The smallest absolute Gasteiger partial charge is 0.157 e. The number of rotatable bonds is 3. The normalized spacial score (nSPS) is 10.4. The molecule has 2 heterocycles. The minimum atomic E-state index is 0.760. The molecular formula is C10H13N3O. The van der Waals surface area contributed by atoms with E-state index in [4.69, 9.17) is 4.52 Å². The Hall–Kier alpha value is -1.71. The Labute approximate surface area is 82.3 Å². The van der Waals surface area contributed by atoms with Crippen LogP contribution in [0.15, 0.2) is 22.9 Å². The number of anilines is 1. The molecule has 0 saturated heterocycles. The summed E-state index contributed by atoms with van der Waals surface area (Å²) < 4.78 is 5.04. The highest BCUT2D eigenvalue weighted by Gasteiger charge is 2.07. The summed E-state index contributed by atoms with van der Waals surface area (Å²) in [6, 6.07) is 4.01. The standard InChI is InChI=1S/C10H13N3O/c1-7-10(8(2)14-13-7)12-6-9-4-3-5-11-9/h3-5,11-12H,6H2,1-2H3. The van der Waals surface area contributed by atoms with E-state index in [0.29, 0.717) is 0 Å². The molecule has 0 amide bonds. The maximum absolute atomic E-state index is 5.04. The van der Waals surface area contributed by atoms with Crippen molar-refractivity contribution in [1.82, 2.24) is 10.1 Å². The van der Waals surface area contributed by atoms with Gasteiger partial charge >= 0.3 is 0 Å². The number of hydrogen-bond donors (Lipinski definition) is 2. The van der Waals surface area contributed by atoms with Gasteiger partial charge in [-0.3, -0.25) is 0 Å². The van der Waals surface area contributed by atoms with Gasteiger partial charge < -0.3 is 14.8 Å². The molecule has 0 unspecified atom stereocenters. The van der Waals surface area contributed by atoms with Crippen LogP contribution in [0.25, 0.3) is 0 Å². The average molecular weight is 191 g/mol. The minimum absolute atomic E-state index is 0.760. The van der Waals surface area contributed by atoms with E-state index in [2.05, 4.69) is 15.5 Å². The van der Waals surface area contributed by atoms with Crippen LogP contribution in [0.1, 0.15) is 17.1 Å². The van der Waals surface area contributed by atoms with E-state index < -0.39 is 0 Å². The summed E-state index contributed by atoms with van der Waals surface area (Å²) in [6.07, 6.45) is 1.91. The summed E-state index contributed by atoms with van der Waals surface area (Å²) in [5, 5.41) is 7.14. The van der Waals surface area contributed by atoms with E-state index in [0.717, 1.165) is 29.4 Å². The van der Waals surface area contributed by atoms with Gasteiger partial charge in [0.2, 0.25) is 0 Å². The van der Waals surface area contributed by atoms with Crippen molar-refractivity contribution < 1.29 is 4.52 Å². The second-order valence-corrected chi connectivity index (χ2v) is 3.25. The van der Waals surface area contributed by atoms with Gasteiger partial charge in [0.25, 0.3) is 0 Å². The van der Waals surface area contributed by atoms with Crippen LogP contribution in [0.2, 0.25) is 0 Å². The molecule has 0 radical (unpaired) electrons. The van der Waals surface area contributed by atoms with Crippen LogP contribution in [-0.2, 0) is 6.54 Å². The molecule has 2 rings (SSSR count). The molecule has 4 heteroatoms. The fourth-order valence-corrected chi connectivity index (χ4v) is 1.40. The lowest BCUT2D eigenvalue weighted by Gasteiger charge is -2.02. The molecular weight excluding hydrogens is 178 g/mol. The highest BCUT2D eigenvalue weighted by atomic mass is 16.5. The summed E-state index contributed by atoms with van der Waals surface area (Å²) >= 11 is 0. The summed E-state index contributed by atoms with van der Waals surface area (Å²) in [5.74, 6) is 0.828. The van der Waals surface area contributed by atoms with Gasteiger partial charge in [-0.05, 0) is 26.0 Å². The molecule has 0 fully saturated rings. The van der Waals surface area contributed by atoms with Crippen LogP contribution in [0.5, 0.6) is 0 Å². The third-order valence-corrected chi connectivity index (χ3v) is 2.15. The van der Waals surface area contributed by atoms with E-state index >= 15 is 0 Å². The monoisotopic (exact) mass is 191 g/mol. The van der Waals surface area contributed by atoms with Gasteiger partial charge in [0.05, 0.1) is 6.54 Å². The van der Waals surface area contributed by atoms with Crippen molar-refractivity contribution in [3.63, 3.8) is 0 Å². The van der Waals surface area contributed by atoms with Crippen molar-refractivity contribution in [2.75, 3.05) is 5.32 Å². The molecule has 14 heavy (non-hydrogen) atoms. The van der Waals surface area contributed by atoms with Crippen LogP contribution in [-0.4, -0.2) is 10.1 Å². The summed E-state index contributed by atoms with van der Waals surface area (Å²) in [6.45, 7) is 4.58. The Kier molecular flexibility index (Phi) is 2.26. The van der Waals surface area contributed by atoms with Crippen LogP contribution in [0.4, 0.5) is 5.69 Å². The predicted octanol–water partition coefficient (Wildman–Crippen LogP) is 2.23. The minimum Gasteiger partial charge on any atom is -0.375 e. The average Bonchev–Trinajstić information content (AvgIpc) is 2.76. The van der Waals surface area contributed by atoms with E-state index in [9.17, 15) is 0 Å². The highest BCUT2D eigenvalue weighted by Crippen LogP contribution is 2.18. The first-order chi connectivity index (χ1) is 6.77. The van der Waals surface area contributed by atoms with E-state index in [-0.39, 0.29) is 0 Å². The second kappa shape index (κ2) is 3.57. The zero-order valence-electron chi connectivity index (χ0n) is 8.29. The molecule has 0 saturated carbocycles. The first-order valence-electron chi connectivity index (χ1n) is 4.56. The molecule has 0 aromatic carbocycles. The van der Waals surface area contributed by atoms with Crippen molar-refractivity contribution in [2.24, 2.45) is 0 Å². The predicted molar refractivity (Wildman–Crippen MR) is 54.1 cm³/mol. The van der Waals surface area contributed by atoms with Gasteiger partial charge in [-0.2, -0.15) is 0 Å². The second-order valence-electron chi connectivity index (χ2n) is 3.25. The van der Waals surface area contributed by atoms with E-state index in [1.54, 1.807) is 0 Å². The molecule has 74 valence electrons. The van der Waals surface area contributed by atoms with Gasteiger partial charge in [0, 0.05) is 11.9 Å². The van der Waals surface area contributed by atoms with Gasteiger partial charge in [-0.25, -0.2) is 0 Å². The molecule has 0 aliphatic carbocycles. The van der Waals surface area contributed by atoms with Crippen molar-refractivity contribution >= 4 is 5.69 Å². The number of hydrogen-bond acceptors (Lipinski definition) is 3. The zero-order valence-corrected chi connectivity index (χ0v) is 8.29. The Bertz CT molecular complexity index is 383. The molecule has 0 bridgehead atoms. The van der Waals surface area contributed by atoms with Gasteiger partial charge in [-0.1, -0.05) is 5.16 Å². The van der Waals surface area contributed by atoms with Crippen LogP contribution in [0.3, 0.4) is 0 Å². The molecule has 2 aromatic rings. The zero-order chi connectivity index (χ0) is 9.97. The highest BCUT2D eigenvalue weighted by molar-refractivity contribution is 5.49. The van der Waals surface area contributed by atoms with Crippen molar-refractivity contribution in [3.8, 4) is 0 Å². The van der Waals surface area contributed by atoms with Crippen molar-refractivity contribution in [1.29, 1.82) is 0 Å². The fraction of sp³-hybridized carbons (Fsp3) is 0.300. The first kappa shape index (κ1) is 8.87. The van der Waals surface area contributed by atoms with Crippen LogP contribution >= 0.6 is 0 Å². The lowest BCUT2D eigenvalue weighted by atomic mass is 10.3. The molecule has 0 atom stereocenters. The molecule has 4 nitrogen and oxygen atoms in total. The Morgan fingerprint density at radius 3 is 2.93 bits per heavy atom. The number of H-pyrrole nitrogens is 1. The number of aryl methyl sites for hydroxylation is 2. The Morgan fingerprint density at radius 2 is 2.36 bits per heavy atom. The maximum Gasteiger partial charge on any atom is 0.157 e. The molecule has 2 N–H and O–H groups in total. The fourth-order valence-electron chi connectivity index (χ4n) is 1.40. The largest absolute Gasteiger partial charge is 0.375 e. The third kappa shape index (κ3) is 1.64. The van der Waals surface area contributed by atoms with Crippen molar-refractivity contribution in [3.05, 3.63) is 35.5 Å². The van der Waals surface area contributed by atoms with Gasteiger partial charge in [0.1, 0.15) is 11.4 Å². The summed E-state index contributed by atoms with van der Waals surface area (Å²) in [5.41, 5.74) is 3.03. The van der Waals surface area contributed by atoms with E-state index in [1.807, 2.05) is 32.2 Å². The van der Waals surface area contributed by atoms with Crippen LogP contribution in [0, 0.1) is 13.8 Å². The quantitative estimate of drug-likeness (QED) is 0.782. The molecule has 0 aliphatic rings. The number of nitrogens with one attached hydrogen (secondary N) is 2. The topological polar surface area (TPSA) is 53.9 Å². The summed E-state index contributed by atoms with van der Waals surface area (Å²) in [4.78, 5) is 3.12. The lowest BCUT2D eigenvalue weighted by molar-refractivity contribution is 0.393. The lowest BCUT2D eigenvalue weighted by Crippen LogP contribution is -2.00. The third-order valence-electron chi connectivity index (χ3n) is 2.15. The van der Waals surface area contributed by atoms with Gasteiger partial charge in [0.15, 0.2) is 5.76 Å².